The summed E-state index contributed by atoms with van der Waals surface area (Å²) in [4.78, 5) is 20.2. The average Bonchev–Trinajstić information content (AvgIpc) is 3.33. The molecule has 1 aliphatic rings. The number of halogens is 2. The number of aryl methyl sites for hydroxylation is 1. The van der Waals surface area contributed by atoms with Gasteiger partial charge in [0, 0.05) is 31.2 Å². The van der Waals surface area contributed by atoms with E-state index in [0.717, 1.165) is 10.6 Å². The van der Waals surface area contributed by atoms with Gasteiger partial charge in [0.25, 0.3) is 0 Å². The Morgan fingerprint density at radius 2 is 2.13 bits per heavy atom. The van der Waals surface area contributed by atoms with E-state index in [1.807, 2.05) is 23.9 Å². The quantitative estimate of drug-likeness (QED) is 0.589. The maximum absolute atomic E-state index is 13.3. The lowest BCUT2D eigenvalue weighted by atomic mass is 10.1. The van der Waals surface area contributed by atoms with Crippen LogP contribution in [0.25, 0.3) is 10.6 Å². The Labute approximate surface area is 182 Å². The summed E-state index contributed by atoms with van der Waals surface area (Å²) >= 11 is 7.17. The Morgan fingerprint density at radius 3 is 2.83 bits per heavy atom. The number of aromatic nitrogens is 2. The number of hydrogen-bond acceptors (Lipinski definition) is 5. The van der Waals surface area contributed by atoms with Crippen molar-refractivity contribution in [3.63, 3.8) is 0 Å². The molecule has 0 bridgehead atoms. The number of imidazole rings is 1. The van der Waals surface area contributed by atoms with Gasteiger partial charge in [-0.1, -0.05) is 17.7 Å². The van der Waals surface area contributed by atoms with Gasteiger partial charge in [0.15, 0.2) is 9.84 Å². The number of hydrogen-bond donors (Lipinski definition) is 0. The van der Waals surface area contributed by atoms with Gasteiger partial charge in [0.1, 0.15) is 11.1 Å². The summed E-state index contributed by atoms with van der Waals surface area (Å²) in [6.45, 7) is 0.239. The maximum Gasteiger partial charge on any atom is 0.227 e. The zero-order chi connectivity index (χ0) is 21.5. The minimum atomic E-state index is -3.37. The molecule has 158 valence electrons. The summed E-state index contributed by atoms with van der Waals surface area (Å²) in [5.41, 5.74) is 1.37. The molecule has 10 heteroatoms. The topological polar surface area (TPSA) is 72.3 Å². The van der Waals surface area contributed by atoms with E-state index in [1.54, 1.807) is 17.3 Å². The summed E-state index contributed by atoms with van der Waals surface area (Å²) in [6, 6.07) is 7.81. The van der Waals surface area contributed by atoms with Crippen LogP contribution in [-0.4, -0.2) is 47.6 Å². The van der Waals surface area contributed by atoms with Gasteiger partial charge >= 0.3 is 0 Å². The number of sulfone groups is 1. The van der Waals surface area contributed by atoms with Crippen LogP contribution in [0.15, 0.2) is 42.9 Å². The van der Waals surface area contributed by atoms with E-state index in [1.165, 1.54) is 29.5 Å². The van der Waals surface area contributed by atoms with Crippen molar-refractivity contribution in [2.24, 2.45) is 7.05 Å². The summed E-state index contributed by atoms with van der Waals surface area (Å²) in [5, 5.41) is -0.811. The zero-order valence-corrected chi connectivity index (χ0v) is 18.5. The van der Waals surface area contributed by atoms with Crippen LogP contribution in [-0.2, 0) is 28.1 Å². The highest BCUT2D eigenvalue weighted by molar-refractivity contribution is 7.91. The van der Waals surface area contributed by atoms with E-state index < -0.39 is 20.9 Å². The van der Waals surface area contributed by atoms with Crippen molar-refractivity contribution in [2.75, 3.05) is 18.8 Å². The Hall–Kier alpha value is -2.23. The minimum Gasteiger partial charge on any atom is -0.340 e. The molecule has 4 rings (SSSR count). The van der Waals surface area contributed by atoms with Crippen molar-refractivity contribution in [1.29, 1.82) is 0 Å². The molecule has 0 aliphatic carbocycles. The first-order valence-corrected chi connectivity index (χ1v) is 12.2. The first kappa shape index (κ1) is 21.0. The van der Waals surface area contributed by atoms with Crippen LogP contribution >= 0.6 is 22.9 Å². The molecule has 1 saturated heterocycles. The molecule has 1 atom stereocenters. The molecule has 1 amide bonds. The fourth-order valence-electron chi connectivity index (χ4n) is 3.42. The second-order valence-corrected chi connectivity index (χ2v) is 11.1. The molecule has 1 aromatic carbocycles. The van der Waals surface area contributed by atoms with Crippen LogP contribution in [0.5, 0.6) is 0 Å². The Morgan fingerprint density at radius 1 is 1.33 bits per heavy atom. The van der Waals surface area contributed by atoms with E-state index in [9.17, 15) is 17.6 Å². The van der Waals surface area contributed by atoms with Crippen molar-refractivity contribution < 1.29 is 17.6 Å². The first-order valence-electron chi connectivity index (χ1n) is 9.24. The number of benzene rings is 1. The number of thiophene rings is 1. The molecule has 0 radical (unpaired) electrons. The van der Waals surface area contributed by atoms with Gasteiger partial charge in [0.05, 0.1) is 34.1 Å². The molecule has 30 heavy (non-hydrogen) atoms. The third kappa shape index (κ3) is 4.28. The van der Waals surface area contributed by atoms with Gasteiger partial charge in [-0.25, -0.2) is 17.8 Å². The molecule has 0 spiro atoms. The molecule has 3 heterocycles. The van der Waals surface area contributed by atoms with Crippen molar-refractivity contribution >= 4 is 38.7 Å². The van der Waals surface area contributed by atoms with Crippen LogP contribution in [0.1, 0.15) is 15.7 Å². The number of carbonyl (C=O) groups is 1. The van der Waals surface area contributed by atoms with Crippen molar-refractivity contribution in [1.82, 2.24) is 14.5 Å². The minimum absolute atomic E-state index is 0.0381. The van der Waals surface area contributed by atoms with Crippen molar-refractivity contribution in [3.8, 4) is 10.6 Å². The van der Waals surface area contributed by atoms with Gasteiger partial charge in [-0.3, -0.25) is 4.79 Å². The van der Waals surface area contributed by atoms with Crippen LogP contribution in [0.2, 0.25) is 5.02 Å². The lowest BCUT2D eigenvalue weighted by Gasteiger charge is -2.32. The summed E-state index contributed by atoms with van der Waals surface area (Å²) < 4.78 is 40.6. The van der Waals surface area contributed by atoms with E-state index >= 15 is 0 Å². The molecular weight excluding hydrogens is 449 g/mol. The average molecular weight is 468 g/mol. The molecule has 1 fully saturated rings. The standard InChI is InChI=1S/C20H19ClFN3O3S2/c1-24-10-16(23-12-24)17-4-5-18(29-17)19-11-25(6-7-30(19,27)28)20(26)9-13-2-3-15(22)14(21)8-13/h2-5,8,10,12,19H,6-7,9,11H2,1H3. The molecule has 3 aromatic rings. The van der Waals surface area contributed by atoms with E-state index in [0.29, 0.717) is 10.4 Å². The molecule has 2 aromatic heterocycles. The van der Waals surface area contributed by atoms with E-state index in [-0.39, 0.29) is 36.2 Å². The number of rotatable bonds is 4. The van der Waals surface area contributed by atoms with Crippen molar-refractivity contribution in [3.05, 3.63) is 64.1 Å². The van der Waals surface area contributed by atoms with Crippen LogP contribution in [0.3, 0.4) is 0 Å². The SMILES string of the molecule is Cn1cnc(-c2ccc(C3CN(C(=O)Cc4ccc(F)c(Cl)c4)CCS3(=O)=O)s2)c1. The van der Waals surface area contributed by atoms with Gasteiger partial charge in [-0.2, -0.15) is 0 Å². The lowest BCUT2D eigenvalue weighted by molar-refractivity contribution is -0.130. The molecular formula is C20H19ClFN3O3S2. The highest BCUT2D eigenvalue weighted by Gasteiger charge is 2.37. The smallest absolute Gasteiger partial charge is 0.227 e. The van der Waals surface area contributed by atoms with Crippen molar-refractivity contribution in [2.45, 2.75) is 11.7 Å². The predicted molar refractivity (Wildman–Crippen MR) is 115 cm³/mol. The van der Waals surface area contributed by atoms with Crippen LogP contribution in [0, 0.1) is 5.82 Å². The van der Waals surface area contributed by atoms with Gasteiger partial charge in [0.2, 0.25) is 5.91 Å². The third-order valence-electron chi connectivity index (χ3n) is 5.06. The Kier molecular flexibility index (Phi) is 5.69. The number of nitrogens with zero attached hydrogens (tertiary/aromatic N) is 3. The van der Waals surface area contributed by atoms with Crippen LogP contribution in [0.4, 0.5) is 4.39 Å². The first-order chi connectivity index (χ1) is 14.2. The fraction of sp³-hybridized carbons (Fsp3) is 0.300. The number of carbonyl (C=O) groups excluding carboxylic acids is 1. The number of amides is 1. The highest BCUT2D eigenvalue weighted by atomic mass is 35.5. The Bertz CT molecular complexity index is 1210. The maximum atomic E-state index is 13.3. The largest absolute Gasteiger partial charge is 0.340 e. The second-order valence-electron chi connectivity index (χ2n) is 7.25. The van der Waals surface area contributed by atoms with E-state index in [2.05, 4.69) is 4.98 Å². The molecule has 0 N–H and O–H groups in total. The van der Waals surface area contributed by atoms with Crippen LogP contribution < -0.4 is 0 Å². The Balaban J connectivity index is 1.53. The fourth-order valence-corrected chi connectivity index (χ4v) is 6.75. The lowest BCUT2D eigenvalue weighted by Crippen LogP contribution is -2.45. The van der Waals surface area contributed by atoms with Gasteiger partial charge in [-0.05, 0) is 29.8 Å². The monoisotopic (exact) mass is 467 g/mol. The third-order valence-corrected chi connectivity index (χ3v) is 8.74. The molecule has 6 nitrogen and oxygen atoms in total. The predicted octanol–water partition coefficient (Wildman–Crippen LogP) is 3.48. The summed E-state index contributed by atoms with van der Waals surface area (Å²) in [7, 11) is -1.50. The normalized spacial score (nSPS) is 18.5. The molecule has 1 unspecified atom stereocenters. The summed E-state index contributed by atoms with van der Waals surface area (Å²) in [6.07, 6.45) is 3.60. The molecule has 0 saturated carbocycles. The van der Waals surface area contributed by atoms with E-state index in [4.69, 9.17) is 11.6 Å². The molecule has 1 aliphatic heterocycles. The van der Waals surface area contributed by atoms with Gasteiger partial charge < -0.3 is 9.47 Å². The summed E-state index contributed by atoms with van der Waals surface area (Å²) in [5.74, 6) is -0.845. The zero-order valence-electron chi connectivity index (χ0n) is 16.1. The van der Waals surface area contributed by atoms with Gasteiger partial charge in [-0.15, -0.1) is 11.3 Å². The second kappa shape index (κ2) is 8.13. The highest BCUT2D eigenvalue weighted by Crippen LogP contribution is 2.36.